The Labute approximate surface area is 98.6 Å². The van der Waals surface area contributed by atoms with Crippen LogP contribution in [0.1, 0.15) is 11.3 Å². The molecule has 0 saturated heterocycles. The van der Waals surface area contributed by atoms with Crippen LogP contribution in [0.3, 0.4) is 0 Å². The number of benzene rings is 1. The quantitative estimate of drug-likeness (QED) is 0.627. The molecule has 5 nitrogen and oxygen atoms in total. The summed E-state index contributed by atoms with van der Waals surface area (Å²) < 4.78 is 0. The number of hydrogen-bond acceptors (Lipinski definition) is 3. The van der Waals surface area contributed by atoms with Crippen molar-refractivity contribution in [1.29, 1.82) is 0 Å². The Morgan fingerprint density at radius 3 is 2.88 bits per heavy atom. The molecule has 88 valence electrons. The van der Waals surface area contributed by atoms with Gasteiger partial charge in [0.2, 0.25) is 0 Å². The van der Waals surface area contributed by atoms with Gasteiger partial charge in [0.1, 0.15) is 0 Å². The SMILES string of the molecule is Cc1ccc([N+](=O)[O-])cc1NCc1ccc[nH]1. The maximum atomic E-state index is 10.7. The summed E-state index contributed by atoms with van der Waals surface area (Å²) in [5.41, 5.74) is 2.91. The van der Waals surface area contributed by atoms with E-state index in [1.165, 1.54) is 6.07 Å². The second-order valence-corrected chi connectivity index (χ2v) is 3.81. The van der Waals surface area contributed by atoms with Crippen molar-refractivity contribution in [3.8, 4) is 0 Å². The Kier molecular flexibility index (Phi) is 3.09. The van der Waals surface area contributed by atoms with Crippen molar-refractivity contribution in [3.63, 3.8) is 0 Å². The highest BCUT2D eigenvalue weighted by molar-refractivity contribution is 5.56. The third kappa shape index (κ3) is 2.63. The fourth-order valence-electron chi connectivity index (χ4n) is 1.58. The van der Waals surface area contributed by atoms with Gasteiger partial charge < -0.3 is 10.3 Å². The highest BCUT2D eigenvalue weighted by Gasteiger charge is 2.08. The van der Waals surface area contributed by atoms with Gasteiger partial charge in [0, 0.05) is 29.7 Å². The molecule has 1 aromatic heterocycles. The van der Waals surface area contributed by atoms with Crippen molar-refractivity contribution in [2.24, 2.45) is 0 Å². The molecule has 0 bridgehead atoms. The van der Waals surface area contributed by atoms with Crippen molar-refractivity contribution in [3.05, 3.63) is 57.9 Å². The molecule has 17 heavy (non-hydrogen) atoms. The van der Waals surface area contributed by atoms with E-state index in [0.29, 0.717) is 6.54 Å². The molecule has 2 rings (SSSR count). The van der Waals surface area contributed by atoms with Crippen molar-refractivity contribution in [2.45, 2.75) is 13.5 Å². The smallest absolute Gasteiger partial charge is 0.271 e. The number of H-pyrrole nitrogens is 1. The van der Waals surface area contributed by atoms with Crippen LogP contribution in [0.4, 0.5) is 11.4 Å². The molecule has 0 aliphatic carbocycles. The Bertz CT molecular complexity index is 521. The monoisotopic (exact) mass is 231 g/mol. The van der Waals surface area contributed by atoms with Gasteiger partial charge in [-0.3, -0.25) is 10.1 Å². The first kappa shape index (κ1) is 11.2. The molecule has 1 heterocycles. The average molecular weight is 231 g/mol. The number of aromatic nitrogens is 1. The second-order valence-electron chi connectivity index (χ2n) is 3.81. The Hall–Kier alpha value is -2.30. The minimum absolute atomic E-state index is 0.101. The van der Waals surface area contributed by atoms with Crippen molar-refractivity contribution < 1.29 is 4.92 Å². The zero-order valence-corrected chi connectivity index (χ0v) is 9.43. The lowest BCUT2D eigenvalue weighted by Crippen LogP contribution is -2.02. The zero-order chi connectivity index (χ0) is 12.3. The van der Waals surface area contributed by atoms with E-state index in [0.717, 1.165) is 16.9 Å². The van der Waals surface area contributed by atoms with Crippen LogP contribution in [0.25, 0.3) is 0 Å². The third-order valence-corrected chi connectivity index (χ3v) is 2.56. The molecular formula is C12H13N3O2. The van der Waals surface area contributed by atoms with Gasteiger partial charge in [-0.05, 0) is 24.6 Å². The summed E-state index contributed by atoms with van der Waals surface area (Å²) in [6.07, 6.45) is 1.84. The largest absolute Gasteiger partial charge is 0.379 e. The number of nitrogens with zero attached hydrogens (tertiary/aromatic N) is 1. The minimum atomic E-state index is -0.390. The van der Waals surface area contributed by atoms with E-state index >= 15 is 0 Å². The molecule has 0 aliphatic heterocycles. The molecule has 0 spiro atoms. The molecule has 0 amide bonds. The standard InChI is InChI=1S/C12H13N3O2/c1-9-4-5-11(15(16)17)7-12(9)14-8-10-3-2-6-13-10/h2-7,13-14H,8H2,1H3. The number of rotatable bonds is 4. The van der Waals surface area contributed by atoms with Gasteiger partial charge in [-0.25, -0.2) is 0 Å². The van der Waals surface area contributed by atoms with Crippen molar-refractivity contribution >= 4 is 11.4 Å². The van der Waals surface area contributed by atoms with E-state index in [1.807, 2.05) is 25.3 Å². The zero-order valence-electron chi connectivity index (χ0n) is 9.43. The highest BCUT2D eigenvalue weighted by Crippen LogP contribution is 2.22. The van der Waals surface area contributed by atoms with Crippen LogP contribution < -0.4 is 5.32 Å². The summed E-state index contributed by atoms with van der Waals surface area (Å²) in [4.78, 5) is 13.3. The van der Waals surface area contributed by atoms with Crippen LogP contribution in [0.15, 0.2) is 36.5 Å². The maximum Gasteiger partial charge on any atom is 0.271 e. The first-order valence-electron chi connectivity index (χ1n) is 5.28. The van der Waals surface area contributed by atoms with Crippen LogP contribution >= 0.6 is 0 Å². The molecule has 0 saturated carbocycles. The van der Waals surface area contributed by atoms with Crippen LogP contribution in [-0.2, 0) is 6.54 Å². The van der Waals surface area contributed by atoms with E-state index in [9.17, 15) is 10.1 Å². The average Bonchev–Trinajstić information content (AvgIpc) is 2.80. The molecule has 5 heteroatoms. The fraction of sp³-hybridized carbons (Fsp3) is 0.167. The molecule has 1 aromatic carbocycles. The number of non-ortho nitro benzene ring substituents is 1. The molecular weight excluding hydrogens is 218 g/mol. The van der Waals surface area contributed by atoms with Gasteiger partial charge >= 0.3 is 0 Å². The number of nitro benzene ring substituents is 1. The van der Waals surface area contributed by atoms with E-state index in [4.69, 9.17) is 0 Å². The van der Waals surface area contributed by atoms with E-state index in [1.54, 1.807) is 12.1 Å². The summed E-state index contributed by atoms with van der Waals surface area (Å²) in [7, 11) is 0. The van der Waals surface area contributed by atoms with Crippen LogP contribution in [0, 0.1) is 17.0 Å². The Morgan fingerprint density at radius 2 is 2.24 bits per heavy atom. The molecule has 0 aliphatic rings. The van der Waals surface area contributed by atoms with Gasteiger partial charge in [-0.1, -0.05) is 6.07 Å². The lowest BCUT2D eigenvalue weighted by atomic mass is 10.2. The van der Waals surface area contributed by atoms with E-state index in [-0.39, 0.29) is 10.6 Å². The van der Waals surface area contributed by atoms with E-state index in [2.05, 4.69) is 10.3 Å². The molecule has 0 radical (unpaired) electrons. The van der Waals surface area contributed by atoms with E-state index < -0.39 is 0 Å². The molecule has 0 atom stereocenters. The number of nitrogens with one attached hydrogen (secondary N) is 2. The second kappa shape index (κ2) is 4.69. The molecule has 0 fully saturated rings. The Morgan fingerprint density at radius 1 is 1.41 bits per heavy atom. The van der Waals surface area contributed by atoms with Crippen LogP contribution in [0.5, 0.6) is 0 Å². The van der Waals surface area contributed by atoms with Gasteiger partial charge in [-0.2, -0.15) is 0 Å². The highest BCUT2D eigenvalue weighted by atomic mass is 16.6. The molecule has 2 N–H and O–H groups in total. The first-order chi connectivity index (χ1) is 8.16. The third-order valence-electron chi connectivity index (χ3n) is 2.56. The van der Waals surface area contributed by atoms with Gasteiger partial charge in [0.25, 0.3) is 5.69 Å². The van der Waals surface area contributed by atoms with Crippen LogP contribution in [-0.4, -0.2) is 9.91 Å². The predicted molar refractivity (Wildman–Crippen MR) is 66.0 cm³/mol. The Balaban J connectivity index is 2.14. The fourth-order valence-corrected chi connectivity index (χ4v) is 1.58. The number of hydrogen-bond donors (Lipinski definition) is 2. The molecule has 2 aromatic rings. The lowest BCUT2D eigenvalue weighted by Gasteiger charge is -2.08. The van der Waals surface area contributed by atoms with Gasteiger partial charge in [0.05, 0.1) is 11.5 Å². The number of aryl methyl sites for hydroxylation is 1. The summed E-state index contributed by atoms with van der Waals surface area (Å²) in [6, 6.07) is 8.68. The summed E-state index contributed by atoms with van der Waals surface area (Å²) in [5, 5.41) is 13.8. The van der Waals surface area contributed by atoms with Gasteiger partial charge in [-0.15, -0.1) is 0 Å². The first-order valence-corrected chi connectivity index (χ1v) is 5.28. The maximum absolute atomic E-state index is 10.7. The lowest BCUT2D eigenvalue weighted by molar-refractivity contribution is -0.384. The summed E-state index contributed by atoms with van der Waals surface area (Å²) in [6.45, 7) is 2.54. The predicted octanol–water partition coefficient (Wildman–Crippen LogP) is 2.84. The molecule has 0 unspecified atom stereocenters. The summed E-state index contributed by atoms with van der Waals surface area (Å²) >= 11 is 0. The van der Waals surface area contributed by atoms with Crippen molar-refractivity contribution in [1.82, 2.24) is 4.98 Å². The van der Waals surface area contributed by atoms with Crippen molar-refractivity contribution in [2.75, 3.05) is 5.32 Å². The normalized spacial score (nSPS) is 10.2. The van der Waals surface area contributed by atoms with Gasteiger partial charge in [0.15, 0.2) is 0 Å². The number of aromatic amines is 1. The number of nitro groups is 1. The summed E-state index contributed by atoms with van der Waals surface area (Å²) in [5.74, 6) is 0. The minimum Gasteiger partial charge on any atom is -0.379 e. The topological polar surface area (TPSA) is 71.0 Å². The van der Waals surface area contributed by atoms with Crippen LogP contribution in [0.2, 0.25) is 0 Å². The number of anilines is 1.